The third-order valence-electron chi connectivity index (χ3n) is 3.11. The Labute approximate surface area is 120 Å². The fourth-order valence-corrected chi connectivity index (χ4v) is 2.46. The van der Waals surface area contributed by atoms with Gasteiger partial charge < -0.3 is 15.4 Å². The van der Waals surface area contributed by atoms with Crippen molar-refractivity contribution in [1.29, 1.82) is 0 Å². The number of rotatable bonds is 2. The zero-order valence-corrected chi connectivity index (χ0v) is 11.3. The average molecular weight is 290 g/mol. The van der Waals surface area contributed by atoms with Crippen molar-refractivity contribution < 1.29 is 9.53 Å². The van der Waals surface area contributed by atoms with E-state index in [-0.39, 0.29) is 0 Å². The number of aromatic nitrogens is 1. The number of hydrogen-bond donors (Lipinski definition) is 1. The first-order valence-electron chi connectivity index (χ1n) is 6.12. The standard InChI is InChI=1S/C14H12ClN3O2/c15-10-4-2-6-17-14(10)18-7-8-20-12-9(13(16)19)3-1-5-11(12)18/h1-6H,7-8H2,(H2,16,19). The molecule has 1 aromatic heterocycles. The van der Waals surface area contributed by atoms with Gasteiger partial charge in [-0.25, -0.2) is 4.98 Å². The first-order valence-corrected chi connectivity index (χ1v) is 6.50. The minimum absolute atomic E-state index is 0.360. The monoisotopic (exact) mass is 289 g/mol. The Hall–Kier alpha value is -2.27. The SMILES string of the molecule is NC(=O)c1cccc2c1OCCN2c1ncccc1Cl. The number of ether oxygens (including phenoxy) is 1. The topological polar surface area (TPSA) is 68.5 Å². The number of nitrogens with two attached hydrogens (primary N) is 1. The summed E-state index contributed by atoms with van der Waals surface area (Å²) in [6.07, 6.45) is 1.67. The molecule has 1 aromatic carbocycles. The van der Waals surface area contributed by atoms with Gasteiger partial charge in [0.25, 0.3) is 5.91 Å². The van der Waals surface area contributed by atoms with Crippen molar-refractivity contribution >= 4 is 29.0 Å². The third-order valence-corrected chi connectivity index (χ3v) is 3.40. The van der Waals surface area contributed by atoms with Crippen molar-refractivity contribution in [3.8, 4) is 5.75 Å². The Morgan fingerprint density at radius 3 is 2.95 bits per heavy atom. The molecule has 1 aliphatic heterocycles. The van der Waals surface area contributed by atoms with E-state index in [4.69, 9.17) is 22.1 Å². The molecular weight excluding hydrogens is 278 g/mol. The molecule has 1 amide bonds. The number of amides is 1. The fraction of sp³-hybridized carbons (Fsp3) is 0.143. The summed E-state index contributed by atoms with van der Waals surface area (Å²) in [7, 11) is 0. The number of carbonyl (C=O) groups excluding carboxylic acids is 1. The normalized spacial score (nSPS) is 13.6. The van der Waals surface area contributed by atoms with Crippen molar-refractivity contribution in [2.45, 2.75) is 0 Å². The maximum atomic E-state index is 11.5. The van der Waals surface area contributed by atoms with Gasteiger partial charge in [0.05, 0.1) is 22.8 Å². The molecule has 20 heavy (non-hydrogen) atoms. The Morgan fingerprint density at radius 2 is 2.20 bits per heavy atom. The summed E-state index contributed by atoms with van der Waals surface area (Å²) in [6, 6.07) is 8.80. The minimum atomic E-state index is -0.518. The number of nitrogens with zero attached hydrogens (tertiary/aromatic N) is 2. The van der Waals surface area contributed by atoms with Gasteiger partial charge in [0.2, 0.25) is 0 Å². The lowest BCUT2D eigenvalue weighted by molar-refractivity contribution is 0.0996. The van der Waals surface area contributed by atoms with E-state index in [1.807, 2.05) is 11.0 Å². The predicted molar refractivity (Wildman–Crippen MR) is 76.7 cm³/mol. The Morgan fingerprint density at radius 1 is 1.35 bits per heavy atom. The third kappa shape index (κ3) is 2.06. The molecule has 0 unspecified atom stereocenters. The zero-order chi connectivity index (χ0) is 14.1. The molecule has 0 saturated heterocycles. The number of fused-ring (bicyclic) bond motifs is 1. The molecule has 6 heteroatoms. The lowest BCUT2D eigenvalue weighted by atomic mass is 10.1. The molecule has 3 rings (SSSR count). The predicted octanol–water partition coefficient (Wildman–Crippen LogP) is 2.36. The zero-order valence-electron chi connectivity index (χ0n) is 10.5. The maximum absolute atomic E-state index is 11.5. The maximum Gasteiger partial charge on any atom is 0.252 e. The molecule has 0 aliphatic carbocycles. The summed E-state index contributed by atoms with van der Waals surface area (Å²) in [5.74, 6) is 0.601. The van der Waals surface area contributed by atoms with Crippen molar-refractivity contribution in [2.24, 2.45) is 5.73 Å². The number of pyridine rings is 1. The second kappa shape index (κ2) is 5.02. The molecular formula is C14H12ClN3O2. The van der Waals surface area contributed by atoms with Crippen molar-refractivity contribution in [1.82, 2.24) is 4.98 Å². The Bertz CT molecular complexity index is 675. The quantitative estimate of drug-likeness (QED) is 0.921. The number of anilines is 2. The van der Waals surface area contributed by atoms with Gasteiger partial charge in [-0.3, -0.25) is 4.79 Å². The summed E-state index contributed by atoms with van der Waals surface area (Å²) in [4.78, 5) is 17.7. The highest BCUT2D eigenvalue weighted by atomic mass is 35.5. The van der Waals surface area contributed by atoms with E-state index in [9.17, 15) is 4.79 Å². The van der Waals surface area contributed by atoms with Gasteiger partial charge in [0.15, 0.2) is 11.6 Å². The lowest BCUT2D eigenvalue weighted by Crippen LogP contribution is -2.30. The number of benzene rings is 1. The summed E-state index contributed by atoms with van der Waals surface area (Å²) in [5, 5.41) is 0.546. The van der Waals surface area contributed by atoms with Crippen LogP contribution in [-0.2, 0) is 0 Å². The van der Waals surface area contributed by atoms with Crippen LogP contribution in [0.2, 0.25) is 5.02 Å². The summed E-state index contributed by atoms with van der Waals surface area (Å²) in [6.45, 7) is 1.04. The highest BCUT2D eigenvalue weighted by molar-refractivity contribution is 6.33. The fourth-order valence-electron chi connectivity index (χ4n) is 2.24. The van der Waals surface area contributed by atoms with Crippen LogP contribution in [0, 0.1) is 0 Å². The van der Waals surface area contributed by atoms with Crippen LogP contribution in [0.3, 0.4) is 0 Å². The Balaban J connectivity index is 2.14. The molecule has 102 valence electrons. The largest absolute Gasteiger partial charge is 0.489 e. The van der Waals surface area contributed by atoms with Crippen LogP contribution in [0.15, 0.2) is 36.5 Å². The lowest BCUT2D eigenvalue weighted by Gasteiger charge is -2.31. The minimum Gasteiger partial charge on any atom is -0.489 e. The van der Waals surface area contributed by atoms with Gasteiger partial charge in [0.1, 0.15) is 6.61 Å². The van der Waals surface area contributed by atoms with E-state index in [2.05, 4.69) is 4.98 Å². The van der Waals surface area contributed by atoms with Crippen LogP contribution < -0.4 is 15.4 Å². The van der Waals surface area contributed by atoms with Gasteiger partial charge in [-0.1, -0.05) is 17.7 Å². The molecule has 0 spiro atoms. The summed E-state index contributed by atoms with van der Waals surface area (Å²) >= 11 is 6.19. The molecule has 0 bridgehead atoms. The van der Waals surface area contributed by atoms with E-state index >= 15 is 0 Å². The number of hydrogen-bond acceptors (Lipinski definition) is 4. The van der Waals surface area contributed by atoms with Crippen molar-refractivity contribution in [3.05, 3.63) is 47.1 Å². The van der Waals surface area contributed by atoms with E-state index in [1.54, 1.807) is 30.5 Å². The van der Waals surface area contributed by atoms with E-state index in [1.165, 1.54) is 0 Å². The smallest absolute Gasteiger partial charge is 0.252 e. The number of primary amides is 1. The first-order chi connectivity index (χ1) is 9.68. The average Bonchev–Trinajstić information content (AvgIpc) is 2.46. The molecule has 2 heterocycles. The van der Waals surface area contributed by atoms with Gasteiger partial charge in [0, 0.05) is 6.20 Å². The van der Waals surface area contributed by atoms with Crippen molar-refractivity contribution in [2.75, 3.05) is 18.1 Å². The molecule has 5 nitrogen and oxygen atoms in total. The molecule has 2 aromatic rings. The molecule has 1 aliphatic rings. The van der Waals surface area contributed by atoms with Gasteiger partial charge in [-0.15, -0.1) is 0 Å². The molecule has 0 radical (unpaired) electrons. The molecule has 0 fully saturated rings. The van der Waals surface area contributed by atoms with Crippen molar-refractivity contribution in [3.63, 3.8) is 0 Å². The van der Waals surface area contributed by atoms with E-state index < -0.39 is 5.91 Å². The molecule has 0 atom stereocenters. The van der Waals surface area contributed by atoms with Gasteiger partial charge >= 0.3 is 0 Å². The molecule has 2 N–H and O–H groups in total. The van der Waals surface area contributed by atoms with E-state index in [0.29, 0.717) is 35.3 Å². The van der Waals surface area contributed by atoms with Crippen LogP contribution in [-0.4, -0.2) is 24.0 Å². The van der Waals surface area contributed by atoms with Crippen LogP contribution in [0.5, 0.6) is 5.75 Å². The summed E-state index contributed by atoms with van der Waals surface area (Å²) < 4.78 is 5.59. The van der Waals surface area contributed by atoms with Crippen LogP contribution in [0.1, 0.15) is 10.4 Å². The first kappa shape index (κ1) is 12.7. The number of para-hydroxylation sites is 1. The summed E-state index contributed by atoms with van der Waals surface area (Å²) in [5.41, 5.74) is 6.48. The van der Waals surface area contributed by atoms with Crippen LogP contribution in [0.25, 0.3) is 0 Å². The van der Waals surface area contributed by atoms with Crippen LogP contribution in [0.4, 0.5) is 11.5 Å². The van der Waals surface area contributed by atoms with Crippen LogP contribution >= 0.6 is 11.6 Å². The second-order valence-electron chi connectivity index (χ2n) is 4.33. The van der Waals surface area contributed by atoms with Gasteiger partial charge in [-0.05, 0) is 24.3 Å². The number of carbonyl (C=O) groups is 1. The highest BCUT2D eigenvalue weighted by Gasteiger charge is 2.25. The Kier molecular flexibility index (Phi) is 3.20. The second-order valence-corrected chi connectivity index (χ2v) is 4.73. The number of halogens is 1. The molecule has 0 saturated carbocycles. The highest BCUT2D eigenvalue weighted by Crippen LogP contribution is 2.40. The van der Waals surface area contributed by atoms with Gasteiger partial charge in [-0.2, -0.15) is 0 Å². The van der Waals surface area contributed by atoms with E-state index in [0.717, 1.165) is 5.69 Å².